The lowest BCUT2D eigenvalue weighted by Gasteiger charge is -2.39. The van der Waals surface area contributed by atoms with Gasteiger partial charge in [-0.3, -0.25) is 0 Å². The first-order valence-electron chi connectivity index (χ1n) is 17.6. The van der Waals surface area contributed by atoms with Gasteiger partial charge in [0.2, 0.25) is 0 Å². The maximum absolute atomic E-state index is 6.70. The zero-order valence-corrected chi connectivity index (χ0v) is 27.8. The van der Waals surface area contributed by atoms with Crippen LogP contribution in [0.4, 0.5) is 0 Å². The zero-order valence-electron chi connectivity index (χ0n) is 27.8. The summed E-state index contributed by atoms with van der Waals surface area (Å²) in [6.07, 6.45) is 0. The predicted molar refractivity (Wildman–Crippen MR) is 209 cm³/mol. The summed E-state index contributed by atoms with van der Waals surface area (Å²) in [5.74, 6) is 1.81. The first kappa shape index (κ1) is 28.2. The van der Waals surface area contributed by atoms with Crippen molar-refractivity contribution >= 4 is 21.8 Å². The molecule has 1 aromatic heterocycles. The topological polar surface area (TPSA) is 14.2 Å². The molecule has 9 aromatic rings. The van der Waals surface area contributed by atoms with Crippen molar-refractivity contribution in [3.8, 4) is 50.6 Å². The summed E-state index contributed by atoms with van der Waals surface area (Å²) in [6.45, 7) is 0. The highest BCUT2D eigenvalue weighted by Crippen LogP contribution is 2.62. The van der Waals surface area contributed by atoms with E-state index in [1.54, 1.807) is 0 Å². The van der Waals surface area contributed by atoms with Gasteiger partial charge in [0.1, 0.15) is 11.5 Å². The summed E-state index contributed by atoms with van der Waals surface area (Å²) in [5.41, 5.74) is 15.4. The van der Waals surface area contributed by atoms with Crippen LogP contribution in [0.5, 0.6) is 11.5 Å². The summed E-state index contributed by atoms with van der Waals surface area (Å²) < 4.78 is 9.09. The summed E-state index contributed by atoms with van der Waals surface area (Å²) in [4.78, 5) is 0. The number of para-hydroxylation sites is 3. The molecule has 0 unspecified atom stereocenters. The Labute approximate surface area is 296 Å². The largest absolute Gasteiger partial charge is 0.457 e. The van der Waals surface area contributed by atoms with E-state index in [1.165, 1.54) is 77.4 Å². The van der Waals surface area contributed by atoms with Crippen LogP contribution < -0.4 is 4.74 Å². The third kappa shape index (κ3) is 3.87. The molecule has 0 fully saturated rings. The molecule has 1 spiro atoms. The molecule has 2 aliphatic rings. The maximum Gasteiger partial charge on any atom is 0.132 e. The van der Waals surface area contributed by atoms with Crippen molar-refractivity contribution in [2.24, 2.45) is 0 Å². The minimum Gasteiger partial charge on any atom is -0.457 e. The van der Waals surface area contributed by atoms with Gasteiger partial charge in [-0.1, -0.05) is 140 Å². The molecule has 0 bridgehead atoms. The normalized spacial score (nSPS) is 13.4. The molecular formula is C49H31NO. The van der Waals surface area contributed by atoms with E-state index >= 15 is 0 Å². The Morgan fingerprint density at radius 1 is 0.373 bits per heavy atom. The molecule has 8 aromatic carbocycles. The molecule has 51 heavy (non-hydrogen) atoms. The number of benzene rings is 8. The van der Waals surface area contributed by atoms with Gasteiger partial charge in [0.15, 0.2) is 0 Å². The molecule has 0 saturated carbocycles. The molecule has 1 aliphatic heterocycles. The third-order valence-electron chi connectivity index (χ3n) is 11.1. The highest BCUT2D eigenvalue weighted by molar-refractivity contribution is 6.15. The first-order valence-corrected chi connectivity index (χ1v) is 17.6. The fraction of sp³-hybridized carbons (Fsp3) is 0.0204. The third-order valence-corrected chi connectivity index (χ3v) is 11.1. The lowest BCUT2D eigenvalue weighted by atomic mass is 9.66. The van der Waals surface area contributed by atoms with E-state index in [0.29, 0.717) is 0 Å². The number of hydrogen-bond donors (Lipinski definition) is 0. The van der Waals surface area contributed by atoms with E-state index in [2.05, 4.69) is 193 Å². The van der Waals surface area contributed by atoms with Crippen LogP contribution in [0.3, 0.4) is 0 Å². The van der Waals surface area contributed by atoms with Crippen LogP contribution in [0.2, 0.25) is 0 Å². The Bertz CT molecular complexity index is 2800. The van der Waals surface area contributed by atoms with Gasteiger partial charge in [0, 0.05) is 27.6 Å². The van der Waals surface area contributed by atoms with Gasteiger partial charge in [0.25, 0.3) is 0 Å². The Kier molecular flexibility index (Phi) is 5.91. The summed E-state index contributed by atoms with van der Waals surface area (Å²) in [6, 6.07) is 68.3. The molecule has 0 N–H and O–H groups in total. The van der Waals surface area contributed by atoms with Crippen LogP contribution in [-0.2, 0) is 5.41 Å². The van der Waals surface area contributed by atoms with Crippen molar-refractivity contribution in [3.63, 3.8) is 0 Å². The maximum atomic E-state index is 6.70. The van der Waals surface area contributed by atoms with E-state index in [-0.39, 0.29) is 0 Å². The van der Waals surface area contributed by atoms with Crippen LogP contribution in [0.25, 0.3) is 60.9 Å². The van der Waals surface area contributed by atoms with Gasteiger partial charge in [-0.15, -0.1) is 0 Å². The van der Waals surface area contributed by atoms with E-state index in [9.17, 15) is 0 Å². The molecule has 2 heterocycles. The van der Waals surface area contributed by atoms with Crippen molar-refractivity contribution in [2.75, 3.05) is 0 Å². The van der Waals surface area contributed by atoms with Crippen LogP contribution in [0, 0.1) is 0 Å². The molecule has 0 atom stereocenters. The van der Waals surface area contributed by atoms with Crippen LogP contribution >= 0.6 is 0 Å². The molecule has 0 amide bonds. The summed E-state index contributed by atoms with van der Waals surface area (Å²) in [7, 11) is 0. The molecule has 0 radical (unpaired) electrons. The molecule has 238 valence electrons. The second-order valence-corrected chi connectivity index (χ2v) is 13.6. The summed E-state index contributed by atoms with van der Waals surface area (Å²) in [5, 5.41) is 2.52. The summed E-state index contributed by atoms with van der Waals surface area (Å²) >= 11 is 0. The smallest absolute Gasteiger partial charge is 0.132 e. The van der Waals surface area contributed by atoms with Crippen LogP contribution in [0.15, 0.2) is 188 Å². The molecule has 2 nitrogen and oxygen atoms in total. The fourth-order valence-corrected chi connectivity index (χ4v) is 9.02. The zero-order chi connectivity index (χ0) is 33.5. The van der Waals surface area contributed by atoms with E-state index < -0.39 is 5.41 Å². The van der Waals surface area contributed by atoms with Crippen molar-refractivity contribution < 1.29 is 4.74 Å². The highest BCUT2D eigenvalue weighted by Gasteiger charge is 2.51. The average molecular weight is 650 g/mol. The lowest BCUT2D eigenvalue weighted by molar-refractivity contribution is 0.436. The van der Waals surface area contributed by atoms with Gasteiger partial charge in [-0.05, 0) is 93.0 Å². The van der Waals surface area contributed by atoms with E-state index in [1.807, 2.05) is 0 Å². The Hall–Kier alpha value is -6.64. The Morgan fingerprint density at radius 3 is 1.78 bits per heavy atom. The minimum atomic E-state index is -0.490. The SMILES string of the molecule is c1ccc(-n2c3ccccc3c3c(-c4cccc(-c5ccc6c(c5)C5(c7ccccc7O6)c6ccccc6-c6ccccc65)c4)cccc32)cc1. The van der Waals surface area contributed by atoms with Crippen LogP contribution in [0.1, 0.15) is 22.3 Å². The predicted octanol–water partition coefficient (Wildman–Crippen LogP) is 12.6. The Balaban J connectivity index is 1.12. The molecule has 11 rings (SSSR count). The van der Waals surface area contributed by atoms with Gasteiger partial charge in [-0.25, -0.2) is 0 Å². The number of fused-ring (bicyclic) bond motifs is 12. The number of rotatable bonds is 3. The Morgan fingerprint density at radius 2 is 0.961 bits per heavy atom. The molecule has 2 heteroatoms. The van der Waals surface area contributed by atoms with Crippen molar-refractivity contribution in [2.45, 2.75) is 5.41 Å². The molecular weight excluding hydrogens is 619 g/mol. The number of aromatic nitrogens is 1. The van der Waals surface area contributed by atoms with Crippen molar-refractivity contribution in [3.05, 3.63) is 210 Å². The van der Waals surface area contributed by atoms with Crippen LogP contribution in [-0.4, -0.2) is 4.57 Å². The number of ether oxygens (including phenoxy) is 1. The second-order valence-electron chi connectivity index (χ2n) is 13.6. The first-order chi connectivity index (χ1) is 25.3. The second kappa shape index (κ2) is 10.7. The molecule has 1 aliphatic carbocycles. The number of nitrogens with zero attached hydrogens (tertiary/aromatic N) is 1. The van der Waals surface area contributed by atoms with Gasteiger partial charge < -0.3 is 9.30 Å². The highest BCUT2D eigenvalue weighted by atomic mass is 16.5. The quantitative estimate of drug-likeness (QED) is 0.186. The number of hydrogen-bond acceptors (Lipinski definition) is 1. The monoisotopic (exact) mass is 649 g/mol. The average Bonchev–Trinajstić information content (AvgIpc) is 3.70. The van der Waals surface area contributed by atoms with Gasteiger partial charge in [0.05, 0.1) is 16.4 Å². The van der Waals surface area contributed by atoms with E-state index in [0.717, 1.165) is 17.2 Å². The lowest BCUT2D eigenvalue weighted by Crippen LogP contribution is -2.32. The minimum absolute atomic E-state index is 0.490. The van der Waals surface area contributed by atoms with Crippen molar-refractivity contribution in [1.82, 2.24) is 4.57 Å². The van der Waals surface area contributed by atoms with Gasteiger partial charge in [-0.2, -0.15) is 0 Å². The fourth-order valence-electron chi connectivity index (χ4n) is 9.02. The molecule has 0 saturated heterocycles. The van der Waals surface area contributed by atoms with Crippen molar-refractivity contribution in [1.29, 1.82) is 0 Å². The standard InChI is InChI=1S/C49H31NO/c1-2-16-35(17-3-1)50-44-25-10-6-20-39(44)48-36(21-13-26-45(48)50)34-15-12-14-32(30-34)33-28-29-47-43(31-33)49(42-24-9-11-27-46(42)51-47)40-22-7-4-18-37(40)38-19-5-8-23-41(38)49/h1-31H. The van der Waals surface area contributed by atoms with Gasteiger partial charge >= 0.3 is 0 Å². The van der Waals surface area contributed by atoms with E-state index in [4.69, 9.17) is 4.74 Å².